The number of phenolic OH excluding ortho intramolecular Hbond substituents is 1. The van der Waals surface area contributed by atoms with Gasteiger partial charge in [0.05, 0.1) is 32.5 Å². The summed E-state index contributed by atoms with van der Waals surface area (Å²) < 4.78 is 45.1. The summed E-state index contributed by atoms with van der Waals surface area (Å²) >= 11 is 0. The molecule has 3 heterocycles. The summed E-state index contributed by atoms with van der Waals surface area (Å²) in [5.74, 6) is -1.31. The van der Waals surface area contributed by atoms with E-state index in [9.17, 15) is 55.9 Å². The van der Waals surface area contributed by atoms with E-state index in [0.717, 1.165) is 6.07 Å². The fourth-order valence-electron chi connectivity index (χ4n) is 5.60. The Hall–Kier alpha value is -3.83. The van der Waals surface area contributed by atoms with Crippen molar-refractivity contribution in [2.75, 3.05) is 46.2 Å². The minimum Gasteiger partial charge on any atom is -0.507 e. The molecule has 0 bridgehead atoms. The molecule has 0 aliphatic carbocycles. The molecule has 2 aliphatic heterocycles. The van der Waals surface area contributed by atoms with E-state index in [2.05, 4.69) is 0 Å². The summed E-state index contributed by atoms with van der Waals surface area (Å²) in [5, 5.41) is 101. The van der Waals surface area contributed by atoms with E-state index in [1.807, 2.05) is 0 Å². The lowest BCUT2D eigenvalue weighted by Gasteiger charge is -2.42. The first-order valence-electron chi connectivity index (χ1n) is 16.3. The van der Waals surface area contributed by atoms with Gasteiger partial charge in [0.25, 0.3) is 0 Å². The number of hydrogen-bond acceptors (Lipinski definition) is 19. The molecule has 0 saturated carbocycles. The average Bonchev–Trinajstić information content (AvgIpc) is 3.13. The predicted octanol–water partition coefficient (Wildman–Crippen LogP) is -2.69. The first kappa shape index (κ1) is 39.4. The van der Waals surface area contributed by atoms with Crippen LogP contribution in [-0.2, 0) is 14.2 Å². The number of ether oxygens (including phenoxy) is 7. The van der Waals surface area contributed by atoms with Crippen LogP contribution >= 0.6 is 0 Å². The van der Waals surface area contributed by atoms with Gasteiger partial charge in [0.15, 0.2) is 23.5 Å². The van der Waals surface area contributed by atoms with E-state index in [-0.39, 0.29) is 79.2 Å². The minimum atomic E-state index is -1.98. The molecule has 0 spiro atoms. The van der Waals surface area contributed by atoms with Gasteiger partial charge in [-0.3, -0.25) is 4.79 Å². The molecule has 1 aromatic heterocycles. The second-order valence-electron chi connectivity index (χ2n) is 11.9. The van der Waals surface area contributed by atoms with Crippen LogP contribution < -0.4 is 24.4 Å². The largest absolute Gasteiger partial charge is 0.507 e. The molecule has 19 heteroatoms. The standard InChI is InChI=1S/C33H42O19/c1-14-23(38)26(41)28(43)32(49-14)48-13-21-24(39)27(42)29(44)33(51-21)52-31-25(40)22-17(37)11-16(45-7-4-34)12-20(22)50-30(31)15-2-3-18(46-8-5-35)19(10-15)47-9-6-36/h2-3,10-12,14,21,23-24,26-29,32-39,41-44H,4-9,13H2,1H3/t14?,21?,23-,24+,26-,27+,28?,29?,32+,33-/m0/s1. The van der Waals surface area contributed by atoms with Crippen molar-refractivity contribution in [3.8, 4) is 40.1 Å². The first-order chi connectivity index (χ1) is 24.9. The molecule has 52 heavy (non-hydrogen) atoms. The van der Waals surface area contributed by atoms with Gasteiger partial charge in [-0.1, -0.05) is 0 Å². The molecule has 4 unspecified atom stereocenters. The molecule has 0 radical (unpaired) electrons. The Bertz CT molecular complexity index is 1700. The van der Waals surface area contributed by atoms with Crippen LogP contribution in [0.1, 0.15) is 6.92 Å². The molecule has 10 N–H and O–H groups in total. The van der Waals surface area contributed by atoms with Crippen molar-refractivity contribution in [1.29, 1.82) is 0 Å². The zero-order chi connectivity index (χ0) is 37.7. The highest BCUT2D eigenvalue weighted by atomic mass is 16.7. The van der Waals surface area contributed by atoms with Crippen molar-refractivity contribution < 1.29 is 88.6 Å². The van der Waals surface area contributed by atoms with Gasteiger partial charge in [-0.05, 0) is 25.1 Å². The normalized spacial score (nSPS) is 29.2. The predicted molar refractivity (Wildman–Crippen MR) is 173 cm³/mol. The molecule has 2 saturated heterocycles. The summed E-state index contributed by atoms with van der Waals surface area (Å²) in [7, 11) is 0. The molecule has 5 rings (SSSR count). The Morgan fingerprint density at radius 2 is 1.35 bits per heavy atom. The molecule has 3 aromatic rings. The van der Waals surface area contributed by atoms with Crippen molar-refractivity contribution >= 4 is 11.0 Å². The van der Waals surface area contributed by atoms with E-state index in [0.29, 0.717) is 0 Å². The zero-order valence-electron chi connectivity index (χ0n) is 27.8. The summed E-state index contributed by atoms with van der Waals surface area (Å²) in [5.41, 5.74) is -1.08. The van der Waals surface area contributed by atoms with Crippen LogP contribution in [0.4, 0.5) is 0 Å². The monoisotopic (exact) mass is 742 g/mol. The van der Waals surface area contributed by atoms with Gasteiger partial charge in [-0.2, -0.15) is 0 Å². The third-order valence-corrected chi connectivity index (χ3v) is 8.31. The lowest BCUT2D eigenvalue weighted by Crippen LogP contribution is -2.61. The Kier molecular flexibility index (Phi) is 13.1. The third kappa shape index (κ3) is 8.36. The maximum atomic E-state index is 14.1. The van der Waals surface area contributed by atoms with Crippen molar-refractivity contribution in [3.63, 3.8) is 0 Å². The lowest BCUT2D eigenvalue weighted by atomic mass is 9.98. The highest BCUT2D eigenvalue weighted by molar-refractivity contribution is 5.88. The molecule has 19 nitrogen and oxygen atoms in total. The van der Waals surface area contributed by atoms with Gasteiger partial charge in [-0.15, -0.1) is 0 Å². The number of rotatable bonds is 15. The molecule has 2 aromatic carbocycles. The molecular formula is C33H42O19. The SMILES string of the molecule is CC1O[C@@H](OCC2O[C@@H](Oc3c(-c4ccc(OCCO)c(OCCO)c4)oc4cc(OCCO)cc(O)c4c3=O)C(O)[C@H](O)[C@@H]2O)C(O)[C@@H](O)[C@H]1O. The third-order valence-electron chi connectivity index (χ3n) is 8.31. The minimum absolute atomic E-state index is 0.0380. The number of aliphatic hydroxyl groups is 9. The second kappa shape index (κ2) is 17.3. The second-order valence-corrected chi connectivity index (χ2v) is 11.9. The highest BCUT2D eigenvalue weighted by Gasteiger charge is 2.48. The Morgan fingerprint density at radius 3 is 2.04 bits per heavy atom. The maximum Gasteiger partial charge on any atom is 0.239 e. The van der Waals surface area contributed by atoms with Gasteiger partial charge in [0.2, 0.25) is 17.5 Å². The summed E-state index contributed by atoms with van der Waals surface area (Å²) in [6.07, 6.45) is -16.3. The molecular weight excluding hydrogens is 700 g/mol. The van der Waals surface area contributed by atoms with Crippen molar-refractivity contribution in [1.82, 2.24) is 0 Å². The van der Waals surface area contributed by atoms with Crippen molar-refractivity contribution in [3.05, 3.63) is 40.6 Å². The fourth-order valence-corrected chi connectivity index (χ4v) is 5.60. The van der Waals surface area contributed by atoms with Crippen molar-refractivity contribution in [2.24, 2.45) is 0 Å². The van der Waals surface area contributed by atoms with E-state index < -0.39 is 84.9 Å². The van der Waals surface area contributed by atoms with Gasteiger partial charge in [0.1, 0.15) is 85.0 Å². The van der Waals surface area contributed by atoms with E-state index in [1.54, 1.807) is 0 Å². The van der Waals surface area contributed by atoms with Crippen LogP contribution in [0.15, 0.2) is 39.5 Å². The lowest BCUT2D eigenvalue weighted by molar-refractivity contribution is -0.318. The smallest absolute Gasteiger partial charge is 0.239 e. The van der Waals surface area contributed by atoms with Crippen molar-refractivity contribution in [2.45, 2.75) is 68.3 Å². The number of phenols is 1. The molecule has 2 aliphatic rings. The van der Waals surface area contributed by atoms with Crippen LogP contribution in [-0.4, -0.2) is 159 Å². The first-order valence-corrected chi connectivity index (χ1v) is 16.3. The van der Waals surface area contributed by atoms with Gasteiger partial charge >= 0.3 is 0 Å². The highest BCUT2D eigenvalue weighted by Crippen LogP contribution is 2.40. The van der Waals surface area contributed by atoms with Gasteiger partial charge < -0.3 is 88.6 Å². The molecule has 2 fully saturated rings. The Balaban J connectivity index is 1.53. The number of aromatic hydroxyl groups is 1. The zero-order valence-corrected chi connectivity index (χ0v) is 27.8. The van der Waals surface area contributed by atoms with Crippen LogP contribution in [0.25, 0.3) is 22.3 Å². The van der Waals surface area contributed by atoms with E-state index >= 15 is 0 Å². The van der Waals surface area contributed by atoms with Crippen LogP contribution in [0.2, 0.25) is 0 Å². The van der Waals surface area contributed by atoms with E-state index in [4.69, 9.17) is 37.6 Å². The maximum absolute atomic E-state index is 14.1. The topological polar surface area (TPSA) is 297 Å². The van der Waals surface area contributed by atoms with E-state index in [1.165, 1.54) is 31.2 Å². The van der Waals surface area contributed by atoms with Gasteiger partial charge in [-0.25, -0.2) is 0 Å². The number of benzene rings is 2. The fraction of sp³-hybridized carbons (Fsp3) is 0.545. The summed E-state index contributed by atoms with van der Waals surface area (Å²) in [6.45, 7) is -0.648. The molecule has 10 atom stereocenters. The Morgan fingerprint density at radius 1 is 0.712 bits per heavy atom. The quantitative estimate of drug-likeness (QED) is 0.0758. The number of fused-ring (bicyclic) bond motifs is 1. The summed E-state index contributed by atoms with van der Waals surface area (Å²) in [6, 6.07) is 6.59. The Labute approximate surface area is 294 Å². The molecule has 288 valence electrons. The van der Waals surface area contributed by atoms with Crippen LogP contribution in [0, 0.1) is 0 Å². The van der Waals surface area contributed by atoms with Gasteiger partial charge in [0, 0.05) is 17.7 Å². The average molecular weight is 743 g/mol. The summed E-state index contributed by atoms with van der Waals surface area (Å²) in [4.78, 5) is 14.1. The van der Waals surface area contributed by atoms with Crippen LogP contribution in [0.5, 0.6) is 28.7 Å². The van der Waals surface area contributed by atoms with Crippen LogP contribution in [0.3, 0.4) is 0 Å². The number of aliphatic hydroxyl groups excluding tert-OH is 9. The molecule has 0 amide bonds. The number of hydrogen-bond donors (Lipinski definition) is 10.